The smallest absolute Gasteiger partial charge is 0.391 e. The van der Waals surface area contributed by atoms with Crippen LogP contribution >= 0.6 is 7.82 Å². The lowest BCUT2D eigenvalue weighted by molar-refractivity contribution is -0.0540. The van der Waals surface area contributed by atoms with Gasteiger partial charge in [-0.25, -0.2) is 9.36 Å². The summed E-state index contributed by atoms with van der Waals surface area (Å²) in [6, 6.07) is 0. The second kappa shape index (κ2) is 7.05. The van der Waals surface area contributed by atoms with Crippen molar-refractivity contribution in [2.24, 2.45) is 0 Å². The van der Waals surface area contributed by atoms with Gasteiger partial charge >= 0.3 is 13.5 Å². The number of nitrogens with zero attached hydrogens (tertiary/aromatic N) is 2. The van der Waals surface area contributed by atoms with Gasteiger partial charge in [-0.2, -0.15) is 4.98 Å². The molecule has 0 aromatic carbocycles. The first-order valence-corrected chi connectivity index (χ1v) is 8.15. The molecule has 0 aliphatic carbocycles. The fraction of sp³-hybridized carbons (Fsp3) is 0.636. The monoisotopic (exact) mass is 351 g/mol. The van der Waals surface area contributed by atoms with Crippen LogP contribution in [0.15, 0.2) is 11.0 Å². The maximum Gasteiger partial charge on any atom is 0.469 e. The average Bonchev–Trinajstić information content (AvgIpc) is 2.80. The van der Waals surface area contributed by atoms with E-state index in [0.29, 0.717) is 0 Å². The second-order valence-electron chi connectivity index (χ2n) is 4.95. The molecule has 2 rings (SSSR count). The van der Waals surface area contributed by atoms with E-state index in [0.717, 1.165) is 4.57 Å². The third kappa shape index (κ3) is 4.36. The summed E-state index contributed by atoms with van der Waals surface area (Å²) in [5.74, 6) is -0.0943. The number of phosphoric ester groups is 1. The highest BCUT2D eigenvalue weighted by Crippen LogP contribution is 2.43. The summed E-state index contributed by atoms with van der Waals surface area (Å²) in [5.41, 5.74) is 5.03. The highest BCUT2D eigenvalue weighted by atomic mass is 31.2. The number of aliphatic hydroxyl groups excluding tert-OH is 1. The van der Waals surface area contributed by atoms with Crippen LogP contribution in [0.1, 0.15) is 18.2 Å². The minimum atomic E-state index is -4.73. The number of methoxy groups -OCH3 is 1. The molecule has 1 unspecified atom stereocenters. The Hall–Kier alpha value is -1.33. The first-order chi connectivity index (χ1) is 10.7. The van der Waals surface area contributed by atoms with E-state index >= 15 is 0 Å². The van der Waals surface area contributed by atoms with E-state index in [2.05, 4.69) is 9.51 Å². The number of aromatic nitrogens is 2. The molecule has 12 heteroatoms. The number of rotatable bonds is 6. The van der Waals surface area contributed by atoms with Crippen LogP contribution in [-0.2, 0) is 25.2 Å². The zero-order valence-electron chi connectivity index (χ0n) is 12.2. The average molecular weight is 351 g/mol. The number of nitrogens with two attached hydrogens (primary N) is 1. The molecule has 1 fully saturated rings. The van der Waals surface area contributed by atoms with Crippen molar-refractivity contribution in [2.45, 2.75) is 31.5 Å². The van der Waals surface area contributed by atoms with Crippen LogP contribution in [0.2, 0.25) is 0 Å². The van der Waals surface area contributed by atoms with Gasteiger partial charge in [-0.15, -0.1) is 0 Å². The number of nitrogen functional groups attached to an aromatic ring is 1. The normalized spacial score (nSPS) is 25.0. The first kappa shape index (κ1) is 18.0. The molecule has 2 heterocycles. The van der Waals surface area contributed by atoms with E-state index in [1.807, 2.05) is 0 Å². The zero-order chi connectivity index (χ0) is 17.2. The minimum absolute atomic E-state index is 0.00445. The Kier molecular flexibility index (Phi) is 5.53. The van der Waals surface area contributed by atoms with Crippen molar-refractivity contribution in [3.8, 4) is 0 Å². The number of anilines is 1. The van der Waals surface area contributed by atoms with Gasteiger partial charge in [-0.1, -0.05) is 0 Å². The molecular formula is C11H18N3O8P. The first-order valence-electron chi connectivity index (χ1n) is 6.62. The summed E-state index contributed by atoms with van der Waals surface area (Å²) < 4.78 is 27.3. The van der Waals surface area contributed by atoms with Crippen molar-refractivity contribution in [3.05, 3.63) is 22.2 Å². The molecule has 0 saturated carbocycles. The Bertz CT molecular complexity index is 659. The number of phosphoric acid groups is 1. The Balaban J connectivity index is 2.28. The van der Waals surface area contributed by atoms with Crippen LogP contribution < -0.4 is 11.4 Å². The van der Waals surface area contributed by atoms with Crippen LogP contribution in [0.3, 0.4) is 0 Å². The maximum atomic E-state index is 11.9. The lowest BCUT2D eigenvalue weighted by atomic mass is 10.2. The summed E-state index contributed by atoms with van der Waals surface area (Å²) in [5, 5.41) is 9.19. The molecule has 1 aromatic heterocycles. The topological polar surface area (TPSA) is 166 Å². The lowest BCUT2D eigenvalue weighted by Crippen LogP contribution is -2.29. The van der Waals surface area contributed by atoms with Gasteiger partial charge in [-0.3, -0.25) is 9.09 Å². The molecule has 1 aliphatic rings. The van der Waals surface area contributed by atoms with Crippen LogP contribution in [0.5, 0.6) is 0 Å². The number of aliphatic hydroxyl groups is 1. The van der Waals surface area contributed by atoms with Crippen molar-refractivity contribution in [1.29, 1.82) is 0 Å². The fourth-order valence-electron chi connectivity index (χ4n) is 2.32. The predicted octanol–water partition coefficient (Wildman–Crippen LogP) is -1.27. The van der Waals surface area contributed by atoms with E-state index in [4.69, 9.17) is 25.0 Å². The van der Waals surface area contributed by atoms with Crippen LogP contribution in [0.25, 0.3) is 0 Å². The van der Waals surface area contributed by atoms with Crippen molar-refractivity contribution in [2.75, 3.05) is 19.5 Å². The molecule has 1 aromatic rings. The molecule has 130 valence electrons. The molecule has 3 atom stereocenters. The van der Waals surface area contributed by atoms with Gasteiger partial charge in [0.25, 0.3) is 0 Å². The van der Waals surface area contributed by atoms with E-state index in [9.17, 15) is 14.5 Å². The Labute approximate surface area is 130 Å². The van der Waals surface area contributed by atoms with Gasteiger partial charge in [-0.05, 0) is 0 Å². The summed E-state index contributed by atoms with van der Waals surface area (Å²) in [4.78, 5) is 33.4. The SMILES string of the molecule is COCC1O[C@@H](n2cc(CO)c(N)nc2=O)C[C@H]1OP(=O)(O)O. The van der Waals surface area contributed by atoms with Crippen LogP contribution in [-0.4, -0.2) is 50.4 Å². The number of hydrogen-bond donors (Lipinski definition) is 4. The lowest BCUT2D eigenvalue weighted by Gasteiger charge is -2.18. The summed E-state index contributed by atoms with van der Waals surface area (Å²) >= 11 is 0. The Morgan fingerprint density at radius 1 is 1.57 bits per heavy atom. The number of ether oxygens (including phenoxy) is 2. The number of hydrogen-bond acceptors (Lipinski definition) is 8. The fourth-order valence-corrected chi connectivity index (χ4v) is 2.90. The van der Waals surface area contributed by atoms with Gasteiger partial charge in [0.1, 0.15) is 24.3 Å². The molecule has 0 amide bonds. The summed E-state index contributed by atoms with van der Waals surface area (Å²) in [6.07, 6.45) is -1.34. The van der Waals surface area contributed by atoms with E-state index in [1.54, 1.807) is 0 Å². The van der Waals surface area contributed by atoms with Crippen molar-refractivity contribution in [3.63, 3.8) is 0 Å². The largest absolute Gasteiger partial charge is 0.469 e. The molecule has 0 spiro atoms. The maximum absolute atomic E-state index is 11.9. The van der Waals surface area contributed by atoms with Gasteiger partial charge in [0.2, 0.25) is 0 Å². The third-order valence-electron chi connectivity index (χ3n) is 3.33. The molecule has 0 bridgehead atoms. The van der Waals surface area contributed by atoms with Crippen LogP contribution in [0, 0.1) is 0 Å². The summed E-state index contributed by atoms with van der Waals surface area (Å²) in [7, 11) is -3.33. The second-order valence-corrected chi connectivity index (χ2v) is 6.15. The van der Waals surface area contributed by atoms with Crippen molar-refractivity contribution >= 4 is 13.6 Å². The van der Waals surface area contributed by atoms with Gasteiger partial charge < -0.3 is 30.1 Å². The van der Waals surface area contributed by atoms with Crippen molar-refractivity contribution < 1.29 is 33.5 Å². The van der Waals surface area contributed by atoms with Crippen LogP contribution in [0.4, 0.5) is 5.82 Å². The summed E-state index contributed by atoms with van der Waals surface area (Å²) in [6.45, 7) is -0.402. The zero-order valence-corrected chi connectivity index (χ0v) is 13.1. The molecule has 11 nitrogen and oxygen atoms in total. The van der Waals surface area contributed by atoms with E-state index in [-0.39, 0.29) is 24.4 Å². The Morgan fingerprint density at radius 3 is 2.83 bits per heavy atom. The van der Waals surface area contributed by atoms with E-state index < -0.39 is 38.6 Å². The van der Waals surface area contributed by atoms with Gasteiger partial charge in [0.05, 0.1) is 13.2 Å². The molecule has 5 N–H and O–H groups in total. The molecule has 0 radical (unpaired) electrons. The highest BCUT2D eigenvalue weighted by Gasteiger charge is 2.41. The standard InChI is InChI=1S/C11H18N3O8P/c1-20-5-8-7(22-23(17,18)19)2-9(21-8)14-3-6(4-15)10(12)13-11(14)16/h3,7-9,15H,2,4-5H2,1H3,(H2,12,13,16)(H2,17,18,19)/t7-,8?,9-/m1/s1. The molecule has 1 aliphatic heterocycles. The van der Waals surface area contributed by atoms with Gasteiger partial charge in [0, 0.05) is 25.3 Å². The molecule has 23 heavy (non-hydrogen) atoms. The van der Waals surface area contributed by atoms with Crippen molar-refractivity contribution in [1.82, 2.24) is 9.55 Å². The third-order valence-corrected chi connectivity index (χ3v) is 3.87. The quantitative estimate of drug-likeness (QED) is 0.454. The molecular weight excluding hydrogens is 333 g/mol. The minimum Gasteiger partial charge on any atom is -0.391 e. The Morgan fingerprint density at radius 2 is 2.26 bits per heavy atom. The van der Waals surface area contributed by atoms with E-state index in [1.165, 1.54) is 13.3 Å². The predicted molar refractivity (Wildman–Crippen MR) is 76.2 cm³/mol. The molecule has 1 saturated heterocycles. The van der Waals surface area contributed by atoms with Gasteiger partial charge in [0.15, 0.2) is 0 Å². The highest BCUT2D eigenvalue weighted by molar-refractivity contribution is 7.46.